The molecule has 1 saturated carbocycles. The highest BCUT2D eigenvalue weighted by atomic mass is 16.2. The summed E-state index contributed by atoms with van der Waals surface area (Å²) >= 11 is 0. The normalized spacial score (nSPS) is 26.4. The van der Waals surface area contributed by atoms with Gasteiger partial charge in [-0.1, -0.05) is 25.0 Å². The number of fused-ring (bicyclic) bond motifs is 1. The molecule has 0 spiro atoms. The predicted octanol–water partition coefficient (Wildman–Crippen LogP) is 2.94. The standard InChI is InChI=1S/C16H20N2O/c1-10-7-8-12(9-11(10)2)15-13-5-3-4-6-14(13)16(19)18-17-15/h7-9,13-14H,3-6H2,1-2H3,(H,18,19)/t13-,14-/m1/s1. The molecule has 1 aliphatic heterocycles. The maximum Gasteiger partial charge on any atom is 0.243 e. The number of rotatable bonds is 1. The third kappa shape index (κ3) is 2.18. The van der Waals surface area contributed by atoms with Crippen molar-refractivity contribution in [2.24, 2.45) is 16.9 Å². The molecule has 1 aromatic carbocycles. The summed E-state index contributed by atoms with van der Waals surface area (Å²) in [4.78, 5) is 11.9. The van der Waals surface area contributed by atoms with E-state index < -0.39 is 0 Å². The Labute approximate surface area is 114 Å². The summed E-state index contributed by atoms with van der Waals surface area (Å²) in [5, 5.41) is 4.35. The third-order valence-electron chi connectivity index (χ3n) is 4.54. The van der Waals surface area contributed by atoms with Crippen LogP contribution in [0.5, 0.6) is 0 Å². The van der Waals surface area contributed by atoms with Crippen LogP contribution in [0.3, 0.4) is 0 Å². The molecule has 19 heavy (non-hydrogen) atoms. The Balaban J connectivity index is 1.98. The lowest BCUT2D eigenvalue weighted by molar-refractivity contribution is -0.127. The van der Waals surface area contributed by atoms with Gasteiger partial charge in [0, 0.05) is 11.8 Å². The maximum absolute atomic E-state index is 11.9. The Morgan fingerprint density at radius 1 is 1.11 bits per heavy atom. The smallest absolute Gasteiger partial charge is 0.243 e. The summed E-state index contributed by atoms with van der Waals surface area (Å²) in [6.07, 6.45) is 4.46. The van der Waals surface area contributed by atoms with E-state index in [0.717, 1.165) is 25.0 Å². The fourth-order valence-electron chi connectivity index (χ4n) is 3.23. The Morgan fingerprint density at radius 3 is 2.58 bits per heavy atom. The first-order valence-electron chi connectivity index (χ1n) is 7.12. The predicted molar refractivity (Wildman–Crippen MR) is 76.0 cm³/mol. The highest BCUT2D eigenvalue weighted by molar-refractivity contribution is 6.06. The monoisotopic (exact) mass is 256 g/mol. The first kappa shape index (κ1) is 12.4. The second kappa shape index (κ2) is 4.80. The van der Waals surface area contributed by atoms with Crippen LogP contribution in [0.15, 0.2) is 23.3 Å². The molecule has 2 aliphatic rings. The Hall–Kier alpha value is -1.64. The van der Waals surface area contributed by atoms with Gasteiger partial charge in [0.05, 0.1) is 5.71 Å². The van der Waals surface area contributed by atoms with E-state index in [1.54, 1.807) is 0 Å². The average molecular weight is 256 g/mol. The van der Waals surface area contributed by atoms with Gasteiger partial charge in [0.1, 0.15) is 0 Å². The van der Waals surface area contributed by atoms with Gasteiger partial charge >= 0.3 is 0 Å². The van der Waals surface area contributed by atoms with E-state index in [2.05, 4.69) is 42.6 Å². The molecule has 1 aliphatic carbocycles. The minimum atomic E-state index is 0.109. The molecule has 0 saturated heterocycles. The van der Waals surface area contributed by atoms with Gasteiger partial charge in [-0.25, -0.2) is 5.43 Å². The molecule has 3 heteroatoms. The molecule has 1 fully saturated rings. The van der Waals surface area contributed by atoms with Crippen LogP contribution < -0.4 is 5.43 Å². The Kier molecular flexibility index (Phi) is 3.13. The first-order valence-corrected chi connectivity index (χ1v) is 7.12. The highest BCUT2D eigenvalue weighted by Crippen LogP contribution is 2.35. The second-order valence-electron chi connectivity index (χ2n) is 5.77. The summed E-state index contributed by atoms with van der Waals surface area (Å²) in [6, 6.07) is 6.46. The van der Waals surface area contributed by atoms with Crippen molar-refractivity contribution in [2.75, 3.05) is 0 Å². The molecule has 3 nitrogen and oxygen atoms in total. The number of nitrogens with one attached hydrogen (secondary N) is 1. The number of amides is 1. The van der Waals surface area contributed by atoms with E-state index in [4.69, 9.17) is 0 Å². The molecular weight excluding hydrogens is 236 g/mol. The van der Waals surface area contributed by atoms with E-state index in [1.165, 1.54) is 23.1 Å². The topological polar surface area (TPSA) is 41.5 Å². The minimum absolute atomic E-state index is 0.109. The number of benzene rings is 1. The molecule has 3 rings (SSSR count). The number of carbonyl (C=O) groups is 1. The molecule has 0 aromatic heterocycles. The van der Waals surface area contributed by atoms with Crippen LogP contribution in [0.25, 0.3) is 0 Å². The summed E-state index contributed by atoms with van der Waals surface area (Å²) in [5.41, 5.74) is 7.53. The quantitative estimate of drug-likeness (QED) is 0.824. The van der Waals surface area contributed by atoms with Gasteiger partial charge < -0.3 is 0 Å². The van der Waals surface area contributed by atoms with E-state index in [-0.39, 0.29) is 11.8 Å². The van der Waals surface area contributed by atoms with Crippen molar-refractivity contribution < 1.29 is 4.79 Å². The fourth-order valence-corrected chi connectivity index (χ4v) is 3.23. The van der Waals surface area contributed by atoms with Crippen LogP contribution >= 0.6 is 0 Å². The molecule has 1 N–H and O–H groups in total. The van der Waals surface area contributed by atoms with E-state index >= 15 is 0 Å². The number of nitrogens with zero attached hydrogens (tertiary/aromatic N) is 1. The van der Waals surface area contributed by atoms with Gasteiger partial charge in [0.2, 0.25) is 5.91 Å². The van der Waals surface area contributed by atoms with Crippen LogP contribution in [-0.2, 0) is 4.79 Å². The van der Waals surface area contributed by atoms with Gasteiger partial charge in [-0.15, -0.1) is 0 Å². The van der Waals surface area contributed by atoms with Crippen molar-refractivity contribution in [1.29, 1.82) is 0 Å². The van der Waals surface area contributed by atoms with Crippen molar-refractivity contribution in [2.45, 2.75) is 39.5 Å². The fraction of sp³-hybridized carbons (Fsp3) is 0.500. The summed E-state index contributed by atoms with van der Waals surface area (Å²) in [5.74, 6) is 0.546. The van der Waals surface area contributed by atoms with Crippen molar-refractivity contribution in [3.8, 4) is 0 Å². The van der Waals surface area contributed by atoms with E-state index in [0.29, 0.717) is 5.92 Å². The van der Waals surface area contributed by atoms with Crippen molar-refractivity contribution >= 4 is 11.6 Å². The zero-order valence-electron chi connectivity index (χ0n) is 11.6. The van der Waals surface area contributed by atoms with E-state index in [9.17, 15) is 4.79 Å². The third-order valence-corrected chi connectivity index (χ3v) is 4.54. The highest BCUT2D eigenvalue weighted by Gasteiger charge is 2.37. The van der Waals surface area contributed by atoms with Crippen LogP contribution in [0, 0.1) is 25.7 Å². The van der Waals surface area contributed by atoms with E-state index in [1.807, 2.05) is 0 Å². The van der Waals surface area contributed by atoms with Crippen LogP contribution in [0.2, 0.25) is 0 Å². The van der Waals surface area contributed by atoms with Crippen LogP contribution in [0.1, 0.15) is 42.4 Å². The van der Waals surface area contributed by atoms with Crippen LogP contribution in [0.4, 0.5) is 0 Å². The number of carbonyl (C=O) groups excluding carboxylic acids is 1. The van der Waals surface area contributed by atoms with Gasteiger partial charge in [-0.2, -0.15) is 5.10 Å². The zero-order valence-corrected chi connectivity index (χ0v) is 11.6. The van der Waals surface area contributed by atoms with Gasteiger partial charge in [-0.3, -0.25) is 4.79 Å². The van der Waals surface area contributed by atoms with Crippen LogP contribution in [-0.4, -0.2) is 11.6 Å². The molecular formula is C16H20N2O. The molecule has 1 heterocycles. The second-order valence-corrected chi connectivity index (χ2v) is 5.77. The van der Waals surface area contributed by atoms with Crippen molar-refractivity contribution in [3.63, 3.8) is 0 Å². The number of aryl methyl sites for hydroxylation is 2. The average Bonchev–Trinajstić information content (AvgIpc) is 2.43. The summed E-state index contributed by atoms with van der Waals surface area (Å²) in [7, 11) is 0. The lowest BCUT2D eigenvalue weighted by Crippen LogP contribution is -2.43. The minimum Gasteiger partial charge on any atom is -0.273 e. The SMILES string of the molecule is Cc1ccc(C2=NNC(=O)[C@@H]3CCCC[C@@H]23)cc1C. The molecule has 0 radical (unpaired) electrons. The zero-order chi connectivity index (χ0) is 13.4. The first-order chi connectivity index (χ1) is 9.16. The Bertz CT molecular complexity index is 548. The number of hydrogen-bond acceptors (Lipinski definition) is 2. The van der Waals surface area contributed by atoms with Gasteiger partial charge in [0.15, 0.2) is 0 Å². The van der Waals surface area contributed by atoms with Crippen molar-refractivity contribution in [3.05, 3.63) is 34.9 Å². The number of hydrazone groups is 1. The largest absolute Gasteiger partial charge is 0.273 e. The van der Waals surface area contributed by atoms with Gasteiger partial charge in [-0.05, 0) is 49.4 Å². The lowest BCUT2D eigenvalue weighted by Gasteiger charge is -2.34. The summed E-state index contributed by atoms with van der Waals surface area (Å²) in [6.45, 7) is 4.24. The molecule has 0 bridgehead atoms. The summed E-state index contributed by atoms with van der Waals surface area (Å²) < 4.78 is 0. The Morgan fingerprint density at radius 2 is 1.84 bits per heavy atom. The molecule has 0 unspecified atom stereocenters. The molecule has 1 aromatic rings. The van der Waals surface area contributed by atoms with Gasteiger partial charge in [0.25, 0.3) is 0 Å². The molecule has 2 atom stereocenters. The lowest BCUT2D eigenvalue weighted by atomic mass is 9.74. The number of hydrogen-bond donors (Lipinski definition) is 1. The maximum atomic E-state index is 11.9. The molecule has 100 valence electrons. The van der Waals surface area contributed by atoms with Crippen molar-refractivity contribution in [1.82, 2.24) is 5.43 Å². The molecule has 1 amide bonds.